The van der Waals surface area contributed by atoms with Crippen molar-refractivity contribution in [3.8, 4) is 0 Å². The second kappa shape index (κ2) is 4.05. The molecule has 7 saturated carbocycles. The van der Waals surface area contributed by atoms with Crippen LogP contribution in [0.5, 0.6) is 0 Å². The summed E-state index contributed by atoms with van der Waals surface area (Å²) in [7, 11) is 3.20. The van der Waals surface area contributed by atoms with Gasteiger partial charge >= 0.3 is 22.8 Å². The molecule has 15 rings (SSSR count). The number of nitrogens with zero attached hydrogens (tertiary/aromatic N) is 6. The Kier molecular flexibility index (Phi) is 1.96. The second-order valence-corrected chi connectivity index (χ2v) is 13.7. The van der Waals surface area contributed by atoms with Crippen LogP contribution in [0.1, 0.15) is 37.0 Å². The van der Waals surface area contributed by atoms with E-state index in [9.17, 15) is 19.2 Å². The Labute approximate surface area is 202 Å². The monoisotopic (exact) mass is 484 g/mol. The van der Waals surface area contributed by atoms with E-state index in [0.29, 0.717) is 35.5 Å². The molecular weight excluding hydrogens is 460 g/mol. The Balaban J connectivity index is 1.34. The zero-order valence-electron chi connectivity index (χ0n) is 19.8. The topological polar surface area (TPSA) is 97.9 Å². The summed E-state index contributed by atoms with van der Waals surface area (Å²) in [5, 5.41) is 0. The van der Waals surface area contributed by atoms with Crippen molar-refractivity contribution in [2.45, 2.75) is 37.0 Å². The number of hydrogen-bond donors (Lipinski definition) is 0. The zero-order chi connectivity index (χ0) is 23.8. The van der Waals surface area contributed by atoms with Crippen LogP contribution in [0.2, 0.25) is 0 Å². The van der Waals surface area contributed by atoms with Gasteiger partial charge in [0.1, 0.15) is 0 Å². The van der Waals surface area contributed by atoms with E-state index < -0.39 is 0 Å². The second-order valence-electron chi connectivity index (χ2n) is 13.7. The fourth-order valence-corrected chi connectivity index (χ4v) is 15.6. The quantitative estimate of drug-likeness (QED) is 0.473. The minimum absolute atomic E-state index is 0.136. The van der Waals surface area contributed by atoms with Gasteiger partial charge in [-0.05, 0) is 48.3 Å². The third-order valence-electron chi connectivity index (χ3n) is 14.7. The zero-order valence-corrected chi connectivity index (χ0v) is 19.8. The van der Waals surface area contributed by atoms with Crippen molar-refractivity contribution in [1.29, 1.82) is 0 Å². The highest BCUT2D eigenvalue weighted by Gasteiger charge is 3.13. The van der Waals surface area contributed by atoms with Crippen LogP contribution >= 0.6 is 0 Å². The Morgan fingerprint density at radius 1 is 0.528 bits per heavy atom. The summed E-state index contributed by atoms with van der Waals surface area (Å²) in [5.74, 6) is 3.43. The normalized spacial score (nSPS) is 59.8. The van der Waals surface area contributed by atoms with E-state index in [1.54, 1.807) is 14.1 Å². The Bertz CT molecular complexity index is 1650. The van der Waals surface area contributed by atoms with Crippen molar-refractivity contribution in [2.24, 2.45) is 71.3 Å². The van der Waals surface area contributed by atoms with Gasteiger partial charge in [-0.3, -0.25) is 0 Å². The maximum Gasteiger partial charge on any atom is 0.347 e. The molecule has 10 heteroatoms. The number of aromatic nitrogens is 6. The first kappa shape index (κ1) is 17.4. The lowest BCUT2D eigenvalue weighted by Crippen LogP contribution is -2.88. The molecule has 0 radical (unpaired) electrons. The molecule has 0 N–H and O–H groups in total. The van der Waals surface area contributed by atoms with E-state index in [1.807, 2.05) is 18.7 Å². The third kappa shape index (κ3) is 0.908. The Morgan fingerprint density at radius 2 is 0.778 bits per heavy atom. The van der Waals surface area contributed by atoms with Gasteiger partial charge in [0.05, 0.1) is 24.2 Å². The first-order chi connectivity index (χ1) is 17.4. The van der Waals surface area contributed by atoms with Gasteiger partial charge in [-0.25, -0.2) is 47.0 Å². The summed E-state index contributed by atoms with van der Waals surface area (Å²) in [6, 6.07) is -0.649. The predicted molar refractivity (Wildman–Crippen MR) is 122 cm³/mol. The summed E-state index contributed by atoms with van der Waals surface area (Å²) in [6.07, 6.45) is 11.4. The van der Waals surface area contributed by atoms with Crippen molar-refractivity contribution in [2.75, 3.05) is 0 Å². The Hall–Kier alpha value is -3.04. The molecule has 4 spiro atoms. The first-order valence-electron chi connectivity index (χ1n) is 13.5. The van der Waals surface area contributed by atoms with E-state index in [4.69, 9.17) is 0 Å². The van der Waals surface area contributed by atoms with Crippen LogP contribution in [0.25, 0.3) is 0 Å². The van der Waals surface area contributed by atoms with Gasteiger partial charge in [0, 0.05) is 35.8 Å². The summed E-state index contributed by atoms with van der Waals surface area (Å²) in [6.45, 7) is 0. The smallest absolute Gasteiger partial charge is 0.246 e. The molecule has 8 bridgehead atoms. The van der Waals surface area contributed by atoms with Crippen molar-refractivity contribution in [3.05, 3.63) is 66.2 Å². The average Bonchev–Trinajstić information content (AvgIpc) is 3.66. The molecule has 4 aliphatic heterocycles. The molecule has 2 aromatic heterocycles. The molecule has 2 unspecified atom stereocenters. The maximum absolute atomic E-state index is 13.6. The molecule has 9 aliphatic carbocycles. The molecule has 7 fully saturated rings. The van der Waals surface area contributed by atoms with Gasteiger partial charge in [0.25, 0.3) is 0 Å². The molecular formula is C26H24N6O4. The molecule has 13 aliphatic rings. The molecule has 0 saturated heterocycles. The average molecular weight is 485 g/mol. The van der Waals surface area contributed by atoms with Crippen molar-refractivity contribution in [1.82, 2.24) is 27.9 Å². The minimum atomic E-state index is -0.218. The van der Waals surface area contributed by atoms with Crippen molar-refractivity contribution >= 4 is 0 Å². The molecule has 10 atom stereocenters. The highest BCUT2D eigenvalue weighted by atomic mass is 16.2. The van der Waals surface area contributed by atoms with E-state index in [0.717, 1.165) is 0 Å². The van der Waals surface area contributed by atoms with Crippen LogP contribution in [0.4, 0.5) is 0 Å². The summed E-state index contributed by atoms with van der Waals surface area (Å²) in [4.78, 5) is 54.3. The van der Waals surface area contributed by atoms with E-state index in [-0.39, 0.29) is 68.6 Å². The van der Waals surface area contributed by atoms with Gasteiger partial charge in [0.2, 0.25) is 0 Å². The Morgan fingerprint density at radius 3 is 1.03 bits per heavy atom. The molecule has 2 aromatic rings. The molecule has 36 heavy (non-hydrogen) atoms. The van der Waals surface area contributed by atoms with Gasteiger partial charge < -0.3 is 0 Å². The van der Waals surface area contributed by atoms with Crippen LogP contribution in [0, 0.1) is 57.2 Å². The van der Waals surface area contributed by atoms with E-state index >= 15 is 0 Å². The summed E-state index contributed by atoms with van der Waals surface area (Å²) < 4.78 is 9.81. The van der Waals surface area contributed by atoms with Crippen LogP contribution in [0.15, 0.2) is 43.5 Å². The molecule has 10 nitrogen and oxygen atoms in total. The van der Waals surface area contributed by atoms with E-state index in [1.165, 1.54) is 22.0 Å². The van der Waals surface area contributed by atoms with Gasteiger partial charge in [-0.1, -0.05) is 24.3 Å². The number of allylic oxidation sites excluding steroid dienone is 4. The highest BCUT2D eigenvalue weighted by molar-refractivity contribution is 5.62. The standard InChI is InChI=1S/C26H24N6O4/c1-27-19(33)29-13-3-4-14(30(29)20(27)34)24-10-8-12-18-11-7-9(17(10)18)23(13,24)25(11)15-5-6-16(26(12,24)25)32-22(36)28(2)21(35)31(15)32/h3-6,9-18H,7-8H2,1-2H3/t9-,10+,11+,12-,13-,14+,15+,16-,17?,18?,23?,24?,25?,26?. The lowest BCUT2D eigenvalue weighted by molar-refractivity contribution is -0.405. The van der Waals surface area contributed by atoms with Crippen LogP contribution in [0.3, 0.4) is 0 Å². The number of hydrogen-bond acceptors (Lipinski definition) is 4. The van der Waals surface area contributed by atoms with E-state index in [2.05, 4.69) is 24.3 Å². The lowest BCUT2D eigenvalue weighted by atomic mass is 9.18. The van der Waals surface area contributed by atoms with Crippen LogP contribution < -0.4 is 22.8 Å². The number of rotatable bonds is 0. The highest BCUT2D eigenvalue weighted by Crippen LogP contribution is 3.14. The summed E-state index contributed by atoms with van der Waals surface area (Å²) in [5.41, 5.74) is -1.42. The molecule has 182 valence electrons. The van der Waals surface area contributed by atoms with Crippen LogP contribution in [-0.4, -0.2) is 27.9 Å². The van der Waals surface area contributed by atoms with Crippen molar-refractivity contribution < 1.29 is 0 Å². The molecule has 0 aromatic carbocycles. The third-order valence-corrected chi connectivity index (χ3v) is 14.7. The summed E-state index contributed by atoms with van der Waals surface area (Å²) >= 11 is 0. The van der Waals surface area contributed by atoms with Crippen LogP contribution in [-0.2, 0) is 14.1 Å². The minimum Gasteiger partial charge on any atom is -0.246 e. The van der Waals surface area contributed by atoms with Gasteiger partial charge in [-0.15, -0.1) is 0 Å². The lowest BCUT2D eigenvalue weighted by Gasteiger charge is -2.87. The van der Waals surface area contributed by atoms with Gasteiger partial charge in [-0.2, -0.15) is 0 Å². The fraction of sp³-hybridized carbons (Fsp3) is 0.692. The largest absolute Gasteiger partial charge is 0.347 e. The SMILES string of the molecule is Cn1c(=O)n2n(c1=O)[C@@H]1C=C[C@H]2C23[C@H]4C[C@@H]5C6C4[C@H]4C[C@@H]6C6([C@@H]7C=C[C@@H](n8c(=O)n(C)c(=O)n87)C526)C413. The maximum atomic E-state index is 13.6. The van der Waals surface area contributed by atoms with Gasteiger partial charge in [0.15, 0.2) is 0 Å². The first-order valence-corrected chi connectivity index (χ1v) is 13.5. The molecule has 6 heterocycles. The fourth-order valence-electron chi connectivity index (χ4n) is 15.6. The predicted octanol–water partition coefficient (Wildman–Crippen LogP) is -0.454. The van der Waals surface area contributed by atoms with Crippen molar-refractivity contribution in [3.63, 3.8) is 0 Å². The molecule has 0 amide bonds.